The number of carbonyl (C=O) groups excluding carboxylic acids is 1. The molecule has 0 saturated carbocycles. The van der Waals surface area contributed by atoms with Crippen molar-refractivity contribution >= 4 is 17.2 Å². The van der Waals surface area contributed by atoms with Crippen molar-refractivity contribution in [1.82, 2.24) is 0 Å². The molecule has 0 fully saturated rings. The molecular formula is C20H20FNO5. The second-order valence-electron chi connectivity index (χ2n) is 6.10. The molecule has 1 heterocycles. The van der Waals surface area contributed by atoms with Crippen LogP contribution >= 0.6 is 0 Å². The summed E-state index contributed by atoms with van der Waals surface area (Å²) in [4.78, 5) is 15.8. The summed E-state index contributed by atoms with van der Waals surface area (Å²) in [6.07, 6.45) is 0.788. The summed E-state index contributed by atoms with van der Waals surface area (Å²) in [6.45, 7) is 2.54. The zero-order chi connectivity index (χ0) is 19.4. The molecule has 142 valence electrons. The molecule has 1 amide bonds. The van der Waals surface area contributed by atoms with Crippen LogP contribution in [0.15, 0.2) is 42.2 Å². The van der Waals surface area contributed by atoms with Crippen LogP contribution in [0.3, 0.4) is 0 Å². The van der Waals surface area contributed by atoms with Gasteiger partial charge in [-0.25, -0.2) is 0 Å². The summed E-state index contributed by atoms with van der Waals surface area (Å²) in [5.41, 5.74) is 2.23. The monoisotopic (exact) mass is 373 g/mol. The number of rotatable bonds is 7. The molecule has 3 rings (SSSR count). The van der Waals surface area contributed by atoms with E-state index in [4.69, 9.17) is 9.47 Å². The number of benzene rings is 2. The Balaban J connectivity index is 1.88. The third-order valence-electron chi connectivity index (χ3n) is 4.28. The molecule has 0 bridgehead atoms. The number of amides is 1. The van der Waals surface area contributed by atoms with E-state index in [1.165, 1.54) is 13.0 Å². The van der Waals surface area contributed by atoms with Crippen LogP contribution in [0.4, 0.5) is 10.2 Å². The zero-order valence-corrected chi connectivity index (χ0v) is 15.0. The topological polar surface area (TPSA) is 77.0 Å². The smallest absolute Gasteiger partial charge is 0.259 e. The molecule has 1 aliphatic rings. The fraction of sp³-hybridized carbons (Fsp3) is 0.250. The first-order valence-electron chi connectivity index (χ1n) is 8.45. The van der Waals surface area contributed by atoms with E-state index in [-0.39, 0.29) is 17.1 Å². The van der Waals surface area contributed by atoms with E-state index in [1.807, 2.05) is 0 Å². The summed E-state index contributed by atoms with van der Waals surface area (Å²) in [6, 6.07) is 10.3. The summed E-state index contributed by atoms with van der Waals surface area (Å²) < 4.78 is 23.2. The molecule has 0 radical (unpaired) electrons. The Morgan fingerprint density at radius 2 is 1.89 bits per heavy atom. The lowest BCUT2D eigenvalue weighted by molar-refractivity contribution is -0.112. The highest BCUT2D eigenvalue weighted by Gasteiger charge is 2.29. The van der Waals surface area contributed by atoms with Crippen molar-refractivity contribution < 1.29 is 28.8 Å². The number of aromatic hydroxyl groups is 1. The number of carbonyl (C=O) groups is 1. The highest BCUT2D eigenvalue weighted by atomic mass is 19.3. The van der Waals surface area contributed by atoms with Gasteiger partial charge in [0.05, 0.1) is 17.9 Å². The molecule has 0 spiro atoms. The molecule has 6 nitrogen and oxygen atoms in total. The number of ether oxygens (including phenoxy) is 2. The number of methoxy groups -OCH3 is 1. The second kappa shape index (κ2) is 8.09. The van der Waals surface area contributed by atoms with Crippen LogP contribution in [0.2, 0.25) is 0 Å². The molecule has 0 unspecified atom stereocenters. The van der Waals surface area contributed by atoms with E-state index in [0.717, 1.165) is 12.0 Å². The standard InChI is InChI=1S/C20H20FNO5/c1-12(27-21)19-16-10-15(18(23)11-17(16)22-20(19)24)13-4-6-14(7-5-13)26-9-3-8-25-2/h4-7,10-11,23H,3,8-9H2,1-2H3,(H,22,24)/b19-12+. The summed E-state index contributed by atoms with van der Waals surface area (Å²) in [5.74, 6) is 0.0942. The Bertz CT molecular complexity index is 877. The third kappa shape index (κ3) is 3.88. The van der Waals surface area contributed by atoms with Crippen LogP contribution in [-0.2, 0) is 14.5 Å². The fourth-order valence-corrected chi connectivity index (χ4v) is 2.95. The second-order valence-corrected chi connectivity index (χ2v) is 6.10. The van der Waals surface area contributed by atoms with Gasteiger partial charge in [-0.1, -0.05) is 12.1 Å². The predicted molar refractivity (Wildman–Crippen MR) is 98.9 cm³/mol. The van der Waals surface area contributed by atoms with Gasteiger partial charge in [-0.15, -0.1) is 0 Å². The van der Waals surface area contributed by atoms with Crippen molar-refractivity contribution in [1.29, 1.82) is 0 Å². The molecule has 2 N–H and O–H groups in total. The number of anilines is 1. The molecule has 2 aromatic carbocycles. The third-order valence-corrected chi connectivity index (χ3v) is 4.28. The van der Waals surface area contributed by atoms with Gasteiger partial charge in [0.15, 0.2) is 5.76 Å². The molecule has 0 atom stereocenters. The Morgan fingerprint density at radius 3 is 2.56 bits per heavy atom. The number of halogens is 1. The lowest BCUT2D eigenvalue weighted by Crippen LogP contribution is -2.05. The Hall–Kier alpha value is -3.06. The van der Waals surface area contributed by atoms with Crippen molar-refractivity contribution in [3.8, 4) is 22.6 Å². The number of hydrogen-bond acceptors (Lipinski definition) is 5. The number of phenolic OH excluding ortho intramolecular Hbond substituents is 1. The maximum absolute atomic E-state index is 12.6. The van der Waals surface area contributed by atoms with E-state index in [1.54, 1.807) is 37.4 Å². The molecule has 27 heavy (non-hydrogen) atoms. The fourth-order valence-electron chi connectivity index (χ4n) is 2.95. The number of phenols is 1. The summed E-state index contributed by atoms with van der Waals surface area (Å²) >= 11 is 0. The molecule has 7 heteroatoms. The largest absolute Gasteiger partial charge is 0.507 e. The average molecular weight is 373 g/mol. The maximum Gasteiger partial charge on any atom is 0.259 e. The van der Waals surface area contributed by atoms with E-state index in [9.17, 15) is 14.4 Å². The van der Waals surface area contributed by atoms with Crippen LogP contribution in [0.1, 0.15) is 18.9 Å². The molecular weight excluding hydrogens is 353 g/mol. The lowest BCUT2D eigenvalue weighted by atomic mass is 9.98. The summed E-state index contributed by atoms with van der Waals surface area (Å²) in [7, 11) is 1.64. The van der Waals surface area contributed by atoms with E-state index in [2.05, 4.69) is 10.3 Å². The maximum atomic E-state index is 12.6. The highest BCUT2D eigenvalue weighted by molar-refractivity contribution is 6.32. The number of nitrogens with one attached hydrogen (secondary N) is 1. The molecule has 0 saturated heterocycles. The van der Waals surface area contributed by atoms with Gasteiger partial charge in [-0.2, -0.15) is 0 Å². The van der Waals surface area contributed by atoms with Crippen molar-refractivity contribution in [2.75, 3.05) is 25.6 Å². The van der Waals surface area contributed by atoms with Gasteiger partial charge >= 0.3 is 0 Å². The van der Waals surface area contributed by atoms with Crippen LogP contribution in [0, 0.1) is 0 Å². The molecule has 0 aliphatic carbocycles. The Kier molecular flexibility index (Phi) is 5.61. The van der Waals surface area contributed by atoms with Gasteiger partial charge in [-0.3, -0.25) is 9.74 Å². The van der Waals surface area contributed by atoms with Crippen LogP contribution in [-0.4, -0.2) is 31.3 Å². The first-order valence-corrected chi connectivity index (χ1v) is 8.45. The highest BCUT2D eigenvalue weighted by Crippen LogP contribution is 2.42. The minimum absolute atomic E-state index is 0.00267. The first-order chi connectivity index (χ1) is 13.0. The van der Waals surface area contributed by atoms with Crippen molar-refractivity contribution in [2.45, 2.75) is 13.3 Å². The average Bonchev–Trinajstić information content (AvgIpc) is 2.99. The van der Waals surface area contributed by atoms with Crippen LogP contribution < -0.4 is 10.1 Å². The lowest BCUT2D eigenvalue weighted by Gasteiger charge is -2.10. The van der Waals surface area contributed by atoms with Gasteiger partial charge in [-0.05, 0) is 30.7 Å². The normalized spacial score (nSPS) is 14.6. The van der Waals surface area contributed by atoms with E-state index in [0.29, 0.717) is 35.8 Å². The number of allylic oxidation sites excluding steroid dienone is 1. The SMILES string of the molecule is COCCCOc1ccc(-c2cc3c(cc2O)NC(=O)/C3=C(\C)OF)cc1. The number of fused-ring (bicyclic) bond motifs is 1. The van der Waals surface area contributed by atoms with Crippen molar-refractivity contribution in [3.05, 3.63) is 47.7 Å². The van der Waals surface area contributed by atoms with E-state index < -0.39 is 5.91 Å². The molecule has 0 aromatic heterocycles. The van der Waals surface area contributed by atoms with Crippen molar-refractivity contribution in [2.24, 2.45) is 0 Å². The summed E-state index contributed by atoms with van der Waals surface area (Å²) in [5, 5.41) is 12.9. The Labute approximate surface area is 156 Å². The van der Waals surface area contributed by atoms with Crippen LogP contribution in [0.25, 0.3) is 16.7 Å². The van der Waals surface area contributed by atoms with Gasteiger partial charge in [0.1, 0.15) is 11.5 Å². The van der Waals surface area contributed by atoms with Gasteiger partial charge < -0.3 is 19.9 Å². The Morgan fingerprint density at radius 1 is 1.15 bits per heavy atom. The van der Waals surface area contributed by atoms with Crippen LogP contribution in [0.5, 0.6) is 11.5 Å². The van der Waals surface area contributed by atoms with E-state index >= 15 is 0 Å². The van der Waals surface area contributed by atoms with Gasteiger partial charge in [0.2, 0.25) is 0 Å². The minimum atomic E-state index is -0.475. The predicted octanol–water partition coefficient (Wildman–Crippen LogP) is 4.06. The van der Waals surface area contributed by atoms with Crippen molar-refractivity contribution in [3.63, 3.8) is 0 Å². The van der Waals surface area contributed by atoms with Gasteiger partial charge in [0, 0.05) is 41.9 Å². The number of hydrogen-bond donors (Lipinski definition) is 2. The zero-order valence-electron chi connectivity index (χ0n) is 15.0. The molecule has 1 aliphatic heterocycles. The molecule has 2 aromatic rings. The minimum Gasteiger partial charge on any atom is -0.507 e. The van der Waals surface area contributed by atoms with Gasteiger partial charge in [0.25, 0.3) is 5.91 Å². The first kappa shape index (κ1) is 18.7. The quantitative estimate of drug-likeness (QED) is 0.435.